The third kappa shape index (κ3) is 4.39. The molecule has 3 heterocycles. The van der Waals surface area contributed by atoms with E-state index in [2.05, 4.69) is 10.4 Å². The molecular weight excluding hydrogens is 451 g/mol. The van der Waals surface area contributed by atoms with Crippen molar-refractivity contribution < 1.29 is 14.0 Å². The fraction of sp³-hybridized carbons (Fsp3) is 0.423. The number of halogens is 1. The highest BCUT2D eigenvalue weighted by atomic mass is 32.1. The normalized spacial score (nSPS) is 21.2. The molecule has 6 nitrogen and oxygen atoms in total. The molecule has 1 atom stereocenters. The number of thiophene rings is 1. The van der Waals surface area contributed by atoms with Gasteiger partial charge in [-0.05, 0) is 55.0 Å². The standard InChI is InChI=1S/C26H29FN4O2S/c1-26(25(33)28-20-7-4-2-3-5-8-20)17-31-22(15-21(29-31)23-9-6-14-34-23)24(32)30(26)16-18-10-12-19(27)13-11-18/h6,9-15,20H,2-5,7-8,16-17H2,1H3,(H,28,33)/t26-/m0/s1. The van der Waals surface area contributed by atoms with Crippen LogP contribution in [0.2, 0.25) is 0 Å². The van der Waals surface area contributed by atoms with Crippen molar-refractivity contribution in [3.05, 3.63) is 64.9 Å². The lowest BCUT2D eigenvalue weighted by atomic mass is 9.93. The molecule has 1 N–H and O–H groups in total. The van der Waals surface area contributed by atoms with E-state index < -0.39 is 5.54 Å². The van der Waals surface area contributed by atoms with E-state index in [0.717, 1.165) is 41.8 Å². The Morgan fingerprint density at radius 3 is 2.59 bits per heavy atom. The van der Waals surface area contributed by atoms with E-state index in [-0.39, 0.29) is 36.8 Å². The van der Waals surface area contributed by atoms with Crippen molar-refractivity contribution in [3.63, 3.8) is 0 Å². The lowest BCUT2D eigenvalue weighted by Gasteiger charge is -2.44. The third-order valence-corrected chi connectivity index (χ3v) is 7.90. The van der Waals surface area contributed by atoms with Crippen LogP contribution < -0.4 is 5.32 Å². The van der Waals surface area contributed by atoms with E-state index in [1.54, 1.807) is 39.1 Å². The first kappa shape index (κ1) is 22.8. The zero-order chi connectivity index (χ0) is 23.7. The van der Waals surface area contributed by atoms with Crippen molar-refractivity contribution in [2.24, 2.45) is 0 Å². The van der Waals surface area contributed by atoms with Gasteiger partial charge in [0.25, 0.3) is 5.91 Å². The molecule has 1 fully saturated rings. The van der Waals surface area contributed by atoms with Gasteiger partial charge in [0.15, 0.2) is 0 Å². The van der Waals surface area contributed by atoms with Gasteiger partial charge in [0.2, 0.25) is 5.91 Å². The van der Waals surface area contributed by atoms with Gasteiger partial charge in [0.1, 0.15) is 22.7 Å². The van der Waals surface area contributed by atoms with E-state index >= 15 is 0 Å². The summed E-state index contributed by atoms with van der Waals surface area (Å²) in [5, 5.41) is 9.91. The Balaban J connectivity index is 1.49. The smallest absolute Gasteiger partial charge is 0.273 e. The number of carbonyl (C=O) groups is 2. The molecule has 0 saturated heterocycles. The van der Waals surface area contributed by atoms with Gasteiger partial charge >= 0.3 is 0 Å². The third-order valence-electron chi connectivity index (χ3n) is 7.00. The first-order chi connectivity index (χ1) is 16.4. The van der Waals surface area contributed by atoms with E-state index in [1.807, 2.05) is 24.4 Å². The summed E-state index contributed by atoms with van der Waals surface area (Å²) in [5.74, 6) is -0.737. The highest BCUT2D eigenvalue weighted by molar-refractivity contribution is 7.13. The van der Waals surface area contributed by atoms with Gasteiger partial charge in [-0.3, -0.25) is 14.3 Å². The van der Waals surface area contributed by atoms with Crippen LogP contribution in [0.15, 0.2) is 47.8 Å². The van der Waals surface area contributed by atoms with Gasteiger partial charge in [-0.25, -0.2) is 4.39 Å². The summed E-state index contributed by atoms with van der Waals surface area (Å²) in [7, 11) is 0. The molecule has 1 aromatic carbocycles. The van der Waals surface area contributed by atoms with Crippen molar-refractivity contribution in [1.82, 2.24) is 20.0 Å². The monoisotopic (exact) mass is 480 g/mol. The average Bonchev–Trinajstić information content (AvgIpc) is 3.43. The second kappa shape index (κ2) is 9.33. The van der Waals surface area contributed by atoms with Gasteiger partial charge < -0.3 is 10.2 Å². The Hall–Kier alpha value is -3.00. The molecule has 8 heteroatoms. The minimum atomic E-state index is -1.12. The van der Waals surface area contributed by atoms with E-state index in [0.29, 0.717) is 5.69 Å². The highest BCUT2D eigenvalue weighted by Crippen LogP contribution is 2.33. The van der Waals surface area contributed by atoms with Crippen molar-refractivity contribution in [2.45, 2.75) is 70.1 Å². The quantitative estimate of drug-likeness (QED) is 0.523. The lowest BCUT2D eigenvalue weighted by molar-refractivity contribution is -0.134. The van der Waals surface area contributed by atoms with Crippen LogP contribution in [0.3, 0.4) is 0 Å². The number of nitrogens with one attached hydrogen (secondary N) is 1. The molecule has 0 spiro atoms. The Morgan fingerprint density at radius 1 is 1.18 bits per heavy atom. The summed E-state index contributed by atoms with van der Waals surface area (Å²) in [6.07, 6.45) is 6.52. The first-order valence-corrected chi connectivity index (χ1v) is 12.8. The number of hydrogen-bond donors (Lipinski definition) is 1. The molecule has 0 radical (unpaired) electrons. The van der Waals surface area contributed by atoms with Crippen molar-refractivity contribution in [3.8, 4) is 10.6 Å². The van der Waals surface area contributed by atoms with Gasteiger partial charge in [-0.15, -0.1) is 11.3 Å². The predicted octanol–water partition coefficient (Wildman–Crippen LogP) is 5.00. The van der Waals surface area contributed by atoms with Crippen LogP contribution in [-0.4, -0.2) is 38.1 Å². The summed E-state index contributed by atoms with van der Waals surface area (Å²) < 4.78 is 15.2. The predicted molar refractivity (Wildman–Crippen MR) is 130 cm³/mol. The Morgan fingerprint density at radius 2 is 1.91 bits per heavy atom. The molecule has 1 aliphatic heterocycles. The molecule has 5 rings (SSSR count). The van der Waals surface area contributed by atoms with Crippen molar-refractivity contribution >= 4 is 23.2 Å². The molecule has 0 bridgehead atoms. The Kier molecular flexibility index (Phi) is 6.25. The van der Waals surface area contributed by atoms with Crippen LogP contribution in [0, 0.1) is 5.82 Å². The molecular formula is C26H29FN4O2S. The maximum atomic E-state index is 13.8. The minimum absolute atomic E-state index is 0.121. The van der Waals surface area contributed by atoms with Gasteiger partial charge in [0, 0.05) is 12.6 Å². The Labute approximate surface area is 202 Å². The number of benzene rings is 1. The van der Waals surface area contributed by atoms with Crippen LogP contribution in [0.25, 0.3) is 10.6 Å². The van der Waals surface area contributed by atoms with Crippen LogP contribution in [0.5, 0.6) is 0 Å². The molecule has 1 saturated carbocycles. The summed E-state index contributed by atoms with van der Waals surface area (Å²) in [6.45, 7) is 2.29. The molecule has 0 unspecified atom stereocenters. The fourth-order valence-electron chi connectivity index (χ4n) is 4.97. The number of fused-ring (bicyclic) bond motifs is 1. The molecule has 178 valence electrons. The molecule has 2 aromatic heterocycles. The van der Waals surface area contributed by atoms with E-state index in [4.69, 9.17) is 0 Å². The number of rotatable bonds is 5. The fourth-order valence-corrected chi connectivity index (χ4v) is 5.65. The maximum Gasteiger partial charge on any atom is 0.273 e. The van der Waals surface area contributed by atoms with Crippen LogP contribution in [0.4, 0.5) is 4.39 Å². The second-order valence-corrected chi connectivity index (χ2v) is 10.5. The summed E-state index contributed by atoms with van der Waals surface area (Å²) in [4.78, 5) is 30.1. The van der Waals surface area contributed by atoms with Crippen molar-refractivity contribution in [1.29, 1.82) is 0 Å². The maximum absolute atomic E-state index is 13.8. The molecule has 2 amide bonds. The number of aromatic nitrogens is 2. The number of hydrogen-bond acceptors (Lipinski definition) is 4. The molecule has 34 heavy (non-hydrogen) atoms. The highest BCUT2D eigenvalue weighted by Gasteiger charge is 2.48. The number of nitrogens with zero attached hydrogens (tertiary/aromatic N) is 3. The minimum Gasteiger partial charge on any atom is -0.351 e. The van der Waals surface area contributed by atoms with Crippen LogP contribution >= 0.6 is 11.3 Å². The second-order valence-electron chi connectivity index (χ2n) is 9.50. The van der Waals surface area contributed by atoms with Gasteiger partial charge in [0.05, 0.1) is 11.4 Å². The zero-order valence-corrected chi connectivity index (χ0v) is 20.1. The van der Waals surface area contributed by atoms with Crippen molar-refractivity contribution in [2.75, 3.05) is 0 Å². The van der Waals surface area contributed by atoms with Crippen LogP contribution in [0.1, 0.15) is 61.5 Å². The van der Waals surface area contributed by atoms with E-state index in [1.165, 1.54) is 25.0 Å². The topological polar surface area (TPSA) is 67.2 Å². The SMILES string of the molecule is C[C@@]1(C(=O)NC2CCCCCC2)Cn2nc(-c3cccs3)cc2C(=O)N1Cc1ccc(F)cc1. The average molecular weight is 481 g/mol. The zero-order valence-electron chi connectivity index (χ0n) is 19.3. The molecule has 2 aliphatic rings. The van der Waals surface area contributed by atoms with Crippen LogP contribution in [-0.2, 0) is 17.9 Å². The summed E-state index contributed by atoms with van der Waals surface area (Å²) >= 11 is 1.56. The molecule has 3 aromatic rings. The number of carbonyl (C=O) groups excluding carboxylic acids is 2. The largest absolute Gasteiger partial charge is 0.351 e. The molecule has 1 aliphatic carbocycles. The van der Waals surface area contributed by atoms with E-state index in [9.17, 15) is 14.0 Å². The summed E-state index contributed by atoms with van der Waals surface area (Å²) in [5.41, 5.74) is 0.845. The summed E-state index contributed by atoms with van der Waals surface area (Å²) in [6, 6.07) is 11.9. The first-order valence-electron chi connectivity index (χ1n) is 11.9. The number of amides is 2. The Bertz CT molecular complexity index is 1170. The van der Waals surface area contributed by atoms with Gasteiger partial charge in [-0.1, -0.05) is 43.9 Å². The lowest BCUT2D eigenvalue weighted by Crippen LogP contribution is -2.64. The van der Waals surface area contributed by atoms with Gasteiger partial charge in [-0.2, -0.15) is 5.10 Å².